The third-order valence-corrected chi connectivity index (χ3v) is 4.95. The van der Waals surface area contributed by atoms with E-state index in [-0.39, 0.29) is 12.5 Å². The van der Waals surface area contributed by atoms with Crippen LogP contribution >= 0.6 is 23.4 Å². The van der Waals surface area contributed by atoms with Crippen LogP contribution in [0.1, 0.15) is 25.1 Å². The number of carbonyl (C=O) groups excluding carboxylic acids is 1. The average molecular weight is 386 g/mol. The third kappa shape index (κ3) is 3.50. The van der Waals surface area contributed by atoms with Gasteiger partial charge in [0.1, 0.15) is 6.54 Å². The summed E-state index contributed by atoms with van der Waals surface area (Å²) < 4.78 is 0. The van der Waals surface area contributed by atoms with Gasteiger partial charge >= 0.3 is 0 Å². The summed E-state index contributed by atoms with van der Waals surface area (Å²) in [7, 11) is 0. The number of thioether (sulfide) groups is 1. The Kier molecular flexibility index (Phi) is 5.69. The first-order valence-corrected chi connectivity index (χ1v) is 10.1. The van der Waals surface area contributed by atoms with E-state index in [0.29, 0.717) is 5.02 Å². The van der Waals surface area contributed by atoms with Crippen molar-refractivity contribution in [1.82, 2.24) is 4.98 Å². The molecule has 0 saturated carbocycles. The maximum Gasteiger partial charge on any atom is 0.246 e. The van der Waals surface area contributed by atoms with Gasteiger partial charge in [0, 0.05) is 26.4 Å². The summed E-state index contributed by atoms with van der Waals surface area (Å²) in [5, 5.41) is 4.47. The largest absolute Gasteiger partial charge is 0.351 e. The first-order chi connectivity index (χ1) is 12.7. The third-order valence-electron chi connectivity index (χ3n) is 3.99. The van der Waals surface area contributed by atoms with Crippen LogP contribution in [0.5, 0.6) is 0 Å². The van der Waals surface area contributed by atoms with Crippen molar-refractivity contribution >= 4 is 51.6 Å². The quantitative estimate of drug-likeness (QED) is 0.583. The second-order valence-electron chi connectivity index (χ2n) is 5.51. The van der Waals surface area contributed by atoms with Crippen LogP contribution in [0.3, 0.4) is 0 Å². The molecule has 4 rings (SSSR count). The number of nitrogens with zero attached hydrogens (tertiary/aromatic N) is 1. The van der Waals surface area contributed by atoms with Gasteiger partial charge in [-0.05, 0) is 36.6 Å². The Morgan fingerprint density at radius 3 is 2.73 bits per heavy atom. The van der Waals surface area contributed by atoms with Gasteiger partial charge in [0.15, 0.2) is 0 Å². The minimum Gasteiger partial charge on any atom is -0.351 e. The number of hydrogen-bond acceptors (Lipinski definition) is 3. The molecule has 0 fully saturated rings. The van der Waals surface area contributed by atoms with Crippen molar-refractivity contribution in [3.05, 3.63) is 58.7 Å². The number of carbonyl (C=O) groups is 1. The Morgan fingerprint density at radius 2 is 1.96 bits per heavy atom. The number of benzene rings is 2. The molecular weight excluding hydrogens is 366 g/mol. The molecule has 6 heteroatoms. The van der Waals surface area contributed by atoms with E-state index < -0.39 is 0 Å². The fourth-order valence-corrected chi connectivity index (χ4v) is 3.52. The summed E-state index contributed by atoms with van der Waals surface area (Å²) in [6, 6.07) is 13.7. The summed E-state index contributed by atoms with van der Waals surface area (Å²) in [5.41, 5.74) is 4.24. The summed E-state index contributed by atoms with van der Waals surface area (Å²) >= 11 is 7.80. The molecule has 0 atom stereocenters. The van der Waals surface area contributed by atoms with Crippen LogP contribution in [-0.2, 0) is 4.79 Å². The number of nitrogens with one attached hydrogen (secondary N) is 2. The molecule has 2 heterocycles. The highest BCUT2D eigenvalue weighted by atomic mass is 35.5. The van der Waals surface area contributed by atoms with Crippen LogP contribution in [0.2, 0.25) is 5.02 Å². The lowest BCUT2D eigenvalue weighted by Crippen LogP contribution is -2.13. The number of halogens is 1. The topological polar surface area (TPSA) is 57.2 Å². The maximum absolute atomic E-state index is 12.1. The van der Waals surface area contributed by atoms with Gasteiger partial charge in [-0.25, -0.2) is 0 Å². The number of aromatic nitrogens is 1. The highest BCUT2D eigenvalue weighted by Gasteiger charge is 2.22. The first-order valence-electron chi connectivity index (χ1n) is 8.46. The number of anilines is 1. The van der Waals surface area contributed by atoms with Gasteiger partial charge in [-0.3, -0.25) is 9.79 Å². The van der Waals surface area contributed by atoms with E-state index in [4.69, 9.17) is 11.6 Å². The van der Waals surface area contributed by atoms with Gasteiger partial charge in [0.2, 0.25) is 5.91 Å². The van der Waals surface area contributed by atoms with Crippen molar-refractivity contribution in [2.75, 3.05) is 18.1 Å². The molecular formula is C20H20ClN3OS. The van der Waals surface area contributed by atoms with E-state index in [1.165, 1.54) is 0 Å². The summed E-state index contributed by atoms with van der Waals surface area (Å²) in [6.07, 6.45) is 2.04. The van der Waals surface area contributed by atoms with E-state index in [1.807, 2.05) is 50.4 Å². The molecule has 0 aliphatic carbocycles. The van der Waals surface area contributed by atoms with Crippen molar-refractivity contribution in [2.24, 2.45) is 4.99 Å². The molecule has 2 aromatic carbocycles. The molecule has 2 N–H and O–H groups in total. The van der Waals surface area contributed by atoms with Crippen LogP contribution in [0.15, 0.2) is 52.4 Å². The number of rotatable bonds is 2. The molecule has 4 nitrogen and oxygen atoms in total. The molecule has 0 bridgehead atoms. The van der Waals surface area contributed by atoms with Crippen LogP contribution in [0, 0.1) is 0 Å². The Balaban J connectivity index is 0.000000948. The Hall–Kier alpha value is -2.24. The molecule has 1 aliphatic rings. The van der Waals surface area contributed by atoms with Crippen LogP contribution in [0.4, 0.5) is 5.69 Å². The summed E-state index contributed by atoms with van der Waals surface area (Å²) in [5.74, 6) is -0.131. The minimum atomic E-state index is -0.131. The van der Waals surface area contributed by atoms with Crippen molar-refractivity contribution in [1.29, 1.82) is 0 Å². The van der Waals surface area contributed by atoms with Gasteiger partial charge < -0.3 is 10.3 Å². The Morgan fingerprint density at radius 1 is 1.15 bits per heavy atom. The van der Waals surface area contributed by atoms with Gasteiger partial charge in [-0.15, -0.1) is 11.8 Å². The average Bonchev–Trinajstić information content (AvgIpc) is 2.92. The lowest BCUT2D eigenvalue weighted by atomic mass is 10.1. The van der Waals surface area contributed by atoms with E-state index >= 15 is 0 Å². The fourth-order valence-electron chi connectivity index (χ4n) is 2.89. The maximum atomic E-state index is 12.1. The molecule has 0 radical (unpaired) electrons. The van der Waals surface area contributed by atoms with E-state index in [2.05, 4.69) is 27.4 Å². The Labute approximate surface area is 162 Å². The fraction of sp³-hybridized carbons (Fsp3) is 0.200. The van der Waals surface area contributed by atoms with E-state index in [9.17, 15) is 4.79 Å². The molecule has 1 amide bonds. The molecule has 0 saturated heterocycles. The lowest BCUT2D eigenvalue weighted by molar-refractivity contribution is -0.114. The molecule has 0 spiro atoms. The minimum absolute atomic E-state index is 0.101. The summed E-state index contributed by atoms with van der Waals surface area (Å²) in [6.45, 7) is 4.10. The number of H-pyrrole nitrogens is 1. The monoisotopic (exact) mass is 385 g/mol. The number of aromatic amines is 1. The predicted molar refractivity (Wildman–Crippen MR) is 112 cm³/mol. The van der Waals surface area contributed by atoms with Crippen LogP contribution in [-0.4, -0.2) is 29.4 Å². The summed E-state index contributed by atoms with van der Waals surface area (Å²) in [4.78, 5) is 21.2. The molecule has 1 aromatic heterocycles. The molecule has 0 unspecified atom stereocenters. The normalized spacial score (nSPS) is 13.2. The SMILES string of the molecule is CC.CSc1cccc(C2=NCC(=O)Nc3c2[nH]c2ccc(Cl)cc32)c1. The molecule has 26 heavy (non-hydrogen) atoms. The first kappa shape index (κ1) is 18.5. The zero-order valence-corrected chi connectivity index (χ0v) is 16.5. The predicted octanol–water partition coefficient (Wildman–Crippen LogP) is 5.36. The van der Waals surface area contributed by atoms with Crippen molar-refractivity contribution in [3.63, 3.8) is 0 Å². The second-order valence-corrected chi connectivity index (χ2v) is 6.83. The molecule has 3 aromatic rings. The van der Waals surface area contributed by atoms with Gasteiger partial charge in [-0.2, -0.15) is 0 Å². The standard InChI is InChI=1S/C18H14ClN3OS.C2H6/c1-24-12-4-2-3-10(7-12)16-18-17(22-15(23)9-20-16)13-8-11(19)5-6-14(13)21-18;1-2/h2-8,21H,9H2,1H3,(H,22,23);1-2H3. The number of hydrogen-bond donors (Lipinski definition) is 2. The van der Waals surface area contributed by atoms with Gasteiger partial charge in [-0.1, -0.05) is 37.6 Å². The van der Waals surface area contributed by atoms with E-state index in [1.54, 1.807) is 11.8 Å². The number of amides is 1. The number of aliphatic imine (C=N–C) groups is 1. The van der Waals surface area contributed by atoms with Crippen molar-refractivity contribution < 1.29 is 4.79 Å². The van der Waals surface area contributed by atoms with Crippen LogP contribution in [0.25, 0.3) is 10.9 Å². The smallest absolute Gasteiger partial charge is 0.246 e. The zero-order valence-electron chi connectivity index (χ0n) is 14.9. The molecule has 1 aliphatic heterocycles. The van der Waals surface area contributed by atoms with Gasteiger partial charge in [0.25, 0.3) is 0 Å². The van der Waals surface area contributed by atoms with E-state index in [0.717, 1.165) is 38.5 Å². The van der Waals surface area contributed by atoms with Gasteiger partial charge in [0.05, 0.1) is 17.1 Å². The second kappa shape index (κ2) is 7.98. The van der Waals surface area contributed by atoms with Crippen molar-refractivity contribution in [3.8, 4) is 0 Å². The Bertz CT molecular complexity index is 994. The zero-order chi connectivity index (χ0) is 18.7. The van der Waals surface area contributed by atoms with Crippen LogP contribution < -0.4 is 5.32 Å². The molecule has 134 valence electrons. The number of fused-ring (bicyclic) bond motifs is 3. The lowest BCUT2D eigenvalue weighted by Gasteiger charge is -2.07. The highest BCUT2D eigenvalue weighted by molar-refractivity contribution is 7.98. The van der Waals surface area contributed by atoms with Crippen molar-refractivity contribution in [2.45, 2.75) is 18.7 Å². The highest BCUT2D eigenvalue weighted by Crippen LogP contribution is 2.33.